The Morgan fingerprint density at radius 3 is 2.43 bits per heavy atom. The van der Waals surface area contributed by atoms with Crippen molar-refractivity contribution in [2.24, 2.45) is 0 Å². The molecular weight excluding hydrogens is 306 g/mol. The van der Waals surface area contributed by atoms with E-state index in [0.29, 0.717) is 23.7 Å². The van der Waals surface area contributed by atoms with Crippen LogP contribution in [0.4, 0.5) is 0 Å². The van der Waals surface area contributed by atoms with Gasteiger partial charge in [-0.2, -0.15) is 0 Å². The van der Waals surface area contributed by atoms with Crippen molar-refractivity contribution in [3.05, 3.63) is 16.1 Å². The Hall–Kier alpha value is -0.940. The maximum Gasteiger partial charge on any atom is 0.273 e. The van der Waals surface area contributed by atoms with Gasteiger partial charge in [0.1, 0.15) is 5.69 Å². The van der Waals surface area contributed by atoms with E-state index in [9.17, 15) is 4.79 Å². The lowest BCUT2D eigenvalue weighted by Crippen LogP contribution is -2.43. The van der Waals surface area contributed by atoms with E-state index >= 15 is 0 Å². The van der Waals surface area contributed by atoms with Gasteiger partial charge in [-0.15, -0.1) is 11.3 Å². The molecule has 0 unspecified atom stereocenters. The van der Waals surface area contributed by atoms with Crippen LogP contribution in [0.3, 0.4) is 0 Å². The second-order valence-corrected chi connectivity index (χ2v) is 8.22. The summed E-state index contributed by atoms with van der Waals surface area (Å²) in [6, 6.07) is 0.961. The van der Waals surface area contributed by atoms with Gasteiger partial charge in [0.15, 0.2) is 0 Å². The van der Waals surface area contributed by atoms with E-state index in [1.165, 1.54) is 50.0 Å². The zero-order chi connectivity index (χ0) is 15.6. The number of nitrogens with zero attached hydrogens (tertiary/aromatic N) is 2. The van der Waals surface area contributed by atoms with Crippen molar-refractivity contribution < 1.29 is 4.79 Å². The Balaban J connectivity index is 1.49. The van der Waals surface area contributed by atoms with Crippen molar-refractivity contribution in [2.75, 3.05) is 13.1 Å². The molecule has 1 saturated heterocycles. The monoisotopic (exact) mass is 333 g/mol. The zero-order valence-electron chi connectivity index (χ0n) is 13.8. The molecule has 126 valence electrons. The van der Waals surface area contributed by atoms with Crippen LogP contribution in [0.25, 0.3) is 0 Å². The first kappa shape index (κ1) is 15.6. The van der Waals surface area contributed by atoms with Gasteiger partial charge in [0.25, 0.3) is 5.91 Å². The van der Waals surface area contributed by atoms with E-state index in [1.54, 1.807) is 11.3 Å². The van der Waals surface area contributed by atoms with E-state index < -0.39 is 0 Å². The number of carbonyl (C=O) groups excluding carboxylic acids is 1. The summed E-state index contributed by atoms with van der Waals surface area (Å²) in [6.45, 7) is 2.15. The maximum absolute atomic E-state index is 13.1. The predicted octanol–water partition coefficient (Wildman–Crippen LogP) is 3.55. The average Bonchev–Trinajstić information content (AvgIpc) is 3.31. The van der Waals surface area contributed by atoms with E-state index in [0.717, 1.165) is 25.9 Å². The first-order valence-electron chi connectivity index (χ1n) is 9.32. The van der Waals surface area contributed by atoms with Crippen molar-refractivity contribution in [3.63, 3.8) is 0 Å². The number of piperidine rings is 1. The summed E-state index contributed by atoms with van der Waals surface area (Å²) in [6.07, 6.45) is 10.9. The number of thiazole rings is 1. The second kappa shape index (κ2) is 6.89. The molecule has 0 atom stereocenters. The summed E-state index contributed by atoms with van der Waals surface area (Å²) in [7, 11) is 0. The third-order valence-electron chi connectivity index (χ3n) is 5.57. The van der Waals surface area contributed by atoms with Crippen LogP contribution >= 0.6 is 11.3 Å². The van der Waals surface area contributed by atoms with Crippen molar-refractivity contribution in [1.82, 2.24) is 15.2 Å². The van der Waals surface area contributed by atoms with Crippen LogP contribution in [0.1, 0.15) is 79.2 Å². The largest absolute Gasteiger partial charge is 0.331 e. The van der Waals surface area contributed by atoms with Crippen LogP contribution in [-0.2, 0) is 0 Å². The molecule has 0 radical (unpaired) electrons. The highest BCUT2D eigenvalue weighted by Crippen LogP contribution is 2.35. The Labute approximate surface area is 142 Å². The molecule has 0 aromatic carbocycles. The lowest BCUT2D eigenvalue weighted by molar-refractivity contribution is 0.0608. The van der Waals surface area contributed by atoms with Crippen LogP contribution in [0.5, 0.6) is 0 Å². The number of nitrogens with one attached hydrogen (secondary N) is 1. The number of aromatic nitrogens is 1. The summed E-state index contributed by atoms with van der Waals surface area (Å²) in [5.41, 5.74) is 0.709. The third-order valence-corrected chi connectivity index (χ3v) is 6.58. The standard InChI is InChI=1S/C18H27N3OS/c22-18(21(15-6-7-15)14-4-2-1-3-5-14)16-12-23-17(20-16)13-8-10-19-11-9-13/h12-15,19H,1-11H2. The summed E-state index contributed by atoms with van der Waals surface area (Å²) in [4.78, 5) is 20.0. The lowest BCUT2D eigenvalue weighted by atomic mass is 9.94. The van der Waals surface area contributed by atoms with Crippen LogP contribution in [-0.4, -0.2) is 41.0 Å². The average molecular weight is 334 g/mol. The van der Waals surface area contributed by atoms with Crippen LogP contribution in [0.15, 0.2) is 5.38 Å². The molecule has 3 aliphatic rings. The zero-order valence-corrected chi connectivity index (χ0v) is 14.6. The van der Waals surface area contributed by atoms with Crippen molar-refractivity contribution in [1.29, 1.82) is 0 Å². The lowest BCUT2D eigenvalue weighted by Gasteiger charge is -2.34. The minimum absolute atomic E-state index is 0.204. The molecule has 3 fully saturated rings. The van der Waals surface area contributed by atoms with Gasteiger partial charge in [-0.1, -0.05) is 19.3 Å². The molecule has 1 aromatic heterocycles. The summed E-state index contributed by atoms with van der Waals surface area (Å²) < 4.78 is 0. The second-order valence-electron chi connectivity index (χ2n) is 7.33. The smallest absolute Gasteiger partial charge is 0.273 e. The summed E-state index contributed by atoms with van der Waals surface area (Å²) in [5, 5.41) is 6.59. The molecule has 23 heavy (non-hydrogen) atoms. The van der Waals surface area contributed by atoms with Gasteiger partial charge < -0.3 is 10.2 Å². The quantitative estimate of drug-likeness (QED) is 0.916. The van der Waals surface area contributed by atoms with E-state index in [4.69, 9.17) is 4.98 Å². The van der Waals surface area contributed by atoms with Gasteiger partial charge >= 0.3 is 0 Å². The van der Waals surface area contributed by atoms with Gasteiger partial charge in [0, 0.05) is 23.4 Å². The third kappa shape index (κ3) is 3.45. The topological polar surface area (TPSA) is 45.2 Å². The molecule has 1 aromatic rings. The highest BCUT2D eigenvalue weighted by molar-refractivity contribution is 7.09. The van der Waals surface area contributed by atoms with Gasteiger partial charge in [0.2, 0.25) is 0 Å². The fourth-order valence-corrected chi connectivity index (χ4v) is 5.08. The molecule has 1 aliphatic heterocycles. The number of hydrogen-bond donors (Lipinski definition) is 1. The van der Waals surface area contributed by atoms with E-state index in [-0.39, 0.29) is 5.91 Å². The number of hydrogen-bond acceptors (Lipinski definition) is 4. The number of amides is 1. The molecule has 2 aliphatic carbocycles. The molecule has 4 nitrogen and oxygen atoms in total. The Morgan fingerprint density at radius 1 is 1.04 bits per heavy atom. The van der Waals surface area contributed by atoms with Crippen molar-refractivity contribution in [2.45, 2.75) is 75.8 Å². The van der Waals surface area contributed by atoms with Gasteiger partial charge in [-0.3, -0.25) is 4.79 Å². The van der Waals surface area contributed by atoms with Crippen molar-refractivity contribution >= 4 is 17.2 Å². The number of rotatable bonds is 4. The van der Waals surface area contributed by atoms with E-state index in [2.05, 4.69) is 10.2 Å². The van der Waals surface area contributed by atoms with Gasteiger partial charge in [-0.05, 0) is 51.6 Å². The minimum Gasteiger partial charge on any atom is -0.331 e. The van der Waals surface area contributed by atoms with Gasteiger partial charge in [0.05, 0.1) is 5.01 Å². The first-order chi connectivity index (χ1) is 11.3. The molecule has 2 saturated carbocycles. The fourth-order valence-electron chi connectivity index (χ4n) is 4.12. The molecule has 1 N–H and O–H groups in total. The van der Waals surface area contributed by atoms with Crippen LogP contribution in [0.2, 0.25) is 0 Å². The Bertz CT molecular complexity index is 542. The van der Waals surface area contributed by atoms with Crippen LogP contribution in [0, 0.1) is 0 Å². The highest BCUT2D eigenvalue weighted by Gasteiger charge is 2.39. The summed E-state index contributed by atoms with van der Waals surface area (Å²) in [5.74, 6) is 0.752. The van der Waals surface area contributed by atoms with Crippen molar-refractivity contribution in [3.8, 4) is 0 Å². The molecule has 2 heterocycles. The SMILES string of the molecule is O=C(c1csc(C2CCNCC2)n1)N(C1CCCCC1)C1CC1. The van der Waals surface area contributed by atoms with Crippen LogP contribution < -0.4 is 5.32 Å². The molecular formula is C18H27N3OS. The van der Waals surface area contributed by atoms with E-state index in [1.807, 2.05) is 5.38 Å². The molecule has 4 rings (SSSR count). The minimum atomic E-state index is 0.204. The Morgan fingerprint density at radius 2 is 1.74 bits per heavy atom. The fraction of sp³-hybridized carbons (Fsp3) is 0.778. The maximum atomic E-state index is 13.1. The Kier molecular flexibility index (Phi) is 4.67. The molecule has 1 amide bonds. The first-order valence-corrected chi connectivity index (χ1v) is 10.2. The normalized spacial score (nSPS) is 23.8. The van der Waals surface area contributed by atoms with Gasteiger partial charge in [-0.25, -0.2) is 4.98 Å². The molecule has 0 bridgehead atoms. The number of carbonyl (C=O) groups is 1. The predicted molar refractivity (Wildman–Crippen MR) is 93.0 cm³/mol. The summed E-state index contributed by atoms with van der Waals surface area (Å²) >= 11 is 1.69. The highest BCUT2D eigenvalue weighted by atomic mass is 32.1. The molecule has 0 spiro atoms. The molecule has 5 heteroatoms.